The van der Waals surface area contributed by atoms with E-state index in [0.29, 0.717) is 5.56 Å². The lowest BCUT2D eigenvalue weighted by Gasteiger charge is -1.99. The molecule has 0 saturated carbocycles. The summed E-state index contributed by atoms with van der Waals surface area (Å²) in [4.78, 5) is 2.31. The van der Waals surface area contributed by atoms with Crippen LogP contribution >= 0.6 is 0 Å². The first-order valence-corrected chi connectivity index (χ1v) is 4.89. The normalized spacial score (nSPS) is 10.5. The highest BCUT2D eigenvalue weighted by molar-refractivity contribution is 7.90. The van der Waals surface area contributed by atoms with E-state index in [1.54, 1.807) is 25.1 Å². The van der Waals surface area contributed by atoms with Gasteiger partial charge >= 0.3 is 0 Å². The molecule has 68 valence electrons. The molecule has 0 saturated heterocycles. The van der Waals surface area contributed by atoms with Gasteiger partial charge in [-0.15, -0.1) is 0 Å². The van der Waals surface area contributed by atoms with Gasteiger partial charge in [0.1, 0.15) is 0 Å². The minimum atomic E-state index is -3.83. The van der Waals surface area contributed by atoms with Gasteiger partial charge < -0.3 is 0 Å². The van der Waals surface area contributed by atoms with Crippen molar-refractivity contribution in [1.29, 1.82) is 0 Å². The number of hydrogen-bond acceptors (Lipinski definition) is 2. The van der Waals surface area contributed by atoms with E-state index in [2.05, 4.69) is 9.43 Å². The zero-order valence-corrected chi connectivity index (χ0v) is 7.69. The molecular formula is C7H7N3O2S. The Kier molecular flexibility index (Phi) is 2.55. The first kappa shape index (κ1) is 9.57. The molecule has 13 heavy (non-hydrogen) atoms. The lowest BCUT2D eigenvalue weighted by Crippen LogP contribution is -1.97. The molecule has 0 aliphatic rings. The van der Waals surface area contributed by atoms with E-state index in [9.17, 15) is 8.42 Å². The number of aryl methyl sites for hydroxylation is 1. The summed E-state index contributed by atoms with van der Waals surface area (Å²) in [5.41, 5.74) is 8.60. The van der Waals surface area contributed by atoms with Gasteiger partial charge in [-0.2, -0.15) is 0 Å². The van der Waals surface area contributed by atoms with Gasteiger partial charge in [-0.1, -0.05) is 18.2 Å². The second-order valence-corrected chi connectivity index (χ2v) is 3.96. The highest BCUT2D eigenvalue weighted by Crippen LogP contribution is 2.16. The van der Waals surface area contributed by atoms with Crippen molar-refractivity contribution in [3.8, 4) is 0 Å². The highest BCUT2D eigenvalue weighted by Gasteiger charge is 2.13. The lowest BCUT2D eigenvalue weighted by molar-refractivity contribution is 0.597. The van der Waals surface area contributed by atoms with Crippen LogP contribution < -0.4 is 0 Å². The maximum Gasteiger partial charge on any atom is 0.264 e. The Morgan fingerprint density at radius 2 is 2.00 bits per heavy atom. The molecule has 0 aromatic heterocycles. The van der Waals surface area contributed by atoms with Crippen molar-refractivity contribution in [2.45, 2.75) is 11.8 Å². The van der Waals surface area contributed by atoms with E-state index in [1.165, 1.54) is 6.07 Å². The first-order chi connectivity index (χ1) is 6.08. The smallest absolute Gasteiger partial charge is 0.216 e. The Labute approximate surface area is 75.7 Å². The van der Waals surface area contributed by atoms with Gasteiger partial charge in [0.2, 0.25) is 0 Å². The maximum absolute atomic E-state index is 11.2. The molecule has 1 aromatic carbocycles. The van der Waals surface area contributed by atoms with Crippen LogP contribution in [0.25, 0.3) is 10.4 Å². The van der Waals surface area contributed by atoms with E-state index in [-0.39, 0.29) is 4.90 Å². The molecule has 5 nitrogen and oxygen atoms in total. The number of benzene rings is 1. The predicted molar refractivity (Wildman–Crippen MR) is 47.5 cm³/mol. The van der Waals surface area contributed by atoms with Gasteiger partial charge in [0.05, 0.1) is 4.90 Å². The molecule has 0 N–H and O–H groups in total. The van der Waals surface area contributed by atoms with Crippen LogP contribution in [0.3, 0.4) is 0 Å². The van der Waals surface area contributed by atoms with E-state index in [0.717, 1.165) is 0 Å². The molecule has 0 bridgehead atoms. The summed E-state index contributed by atoms with van der Waals surface area (Å²) in [7, 11) is -3.83. The van der Waals surface area contributed by atoms with Crippen molar-refractivity contribution in [1.82, 2.24) is 0 Å². The third-order valence-electron chi connectivity index (χ3n) is 1.52. The van der Waals surface area contributed by atoms with Crippen molar-refractivity contribution in [3.05, 3.63) is 40.3 Å². The van der Waals surface area contributed by atoms with Crippen LogP contribution in [0, 0.1) is 6.92 Å². The maximum atomic E-state index is 11.2. The van der Waals surface area contributed by atoms with Crippen LogP contribution in [0.1, 0.15) is 5.56 Å². The number of azide groups is 1. The Morgan fingerprint density at radius 1 is 1.38 bits per heavy atom. The molecule has 0 spiro atoms. The van der Waals surface area contributed by atoms with Gasteiger partial charge in [-0.25, -0.2) is 8.42 Å². The Hall–Kier alpha value is -1.52. The summed E-state index contributed by atoms with van der Waals surface area (Å²) in [5.74, 6) is 0. The molecule has 0 aliphatic heterocycles. The molecule has 1 aromatic rings. The van der Waals surface area contributed by atoms with Crippen molar-refractivity contribution >= 4 is 10.0 Å². The van der Waals surface area contributed by atoms with Crippen molar-refractivity contribution in [2.24, 2.45) is 4.52 Å². The van der Waals surface area contributed by atoms with Crippen LogP contribution in [-0.4, -0.2) is 8.42 Å². The highest BCUT2D eigenvalue weighted by atomic mass is 32.2. The molecule has 1 rings (SSSR count). The van der Waals surface area contributed by atoms with E-state index < -0.39 is 10.0 Å². The van der Waals surface area contributed by atoms with Gasteiger partial charge in [0.25, 0.3) is 10.0 Å². The largest absolute Gasteiger partial charge is 0.264 e. The van der Waals surface area contributed by atoms with Crippen LogP contribution in [0.4, 0.5) is 0 Å². The molecule has 0 radical (unpaired) electrons. The SMILES string of the molecule is Cc1ccccc1S(=O)(=O)N=[N+]=[N-]. The standard InChI is InChI=1S/C7H7N3O2S/c1-6-4-2-3-5-7(6)13(11,12)10-9-8/h2-5H,1H3. The molecule has 0 amide bonds. The second kappa shape index (κ2) is 3.47. The Balaban J connectivity index is 3.39. The number of sulfonamides is 1. The average molecular weight is 197 g/mol. The van der Waals surface area contributed by atoms with Crippen LogP contribution in [0.5, 0.6) is 0 Å². The summed E-state index contributed by atoms with van der Waals surface area (Å²) in [6, 6.07) is 6.33. The molecule has 0 aliphatic carbocycles. The van der Waals surface area contributed by atoms with E-state index in [1.807, 2.05) is 0 Å². The fourth-order valence-corrected chi connectivity index (χ4v) is 1.85. The minimum absolute atomic E-state index is 0.0489. The zero-order valence-electron chi connectivity index (χ0n) is 6.88. The Morgan fingerprint density at radius 3 is 2.54 bits per heavy atom. The minimum Gasteiger partial charge on any atom is -0.216 e. The number of hydrogen-bond donors (Lipinski definition) is 0. The van der Waals surface area contributed by atoms with Gasteiger partial charge in [0.15, 0.2) is 0 Å². The average Bonchev–Trinajstić information content (AvgIpc) is 2.04. The topological polar surface area (TPSA) is 82.9 Å². The van der Waals surface area contributed by atoms with Crippen LogP contribution in [-0.2, 0) is 10.0 Å². The monoisotopic (exact) mass is 197 g/mol. The van der Waals surface area contributed by atoms with Crippen molar-refractivity contribution < 1.29 is 8.42 Å². The predicted octanol–water partition coefficient (Wildman–Crippen LogP) is 1.99. The fourth-order valence-electron chi connectivity index (χ4n) is 0.938. The van der Waals surface area contributed by atoms with E-state index >= 15 is 0 Å². The summed E-state index contributed by atoms with van der Waals surface area (Å²) >= 11 is 0. The number of nitrogens with zero attached hydrogens (tertiary/aromatic N) is 3. The fraction of sp³-hybridized carbons (Fsp3) is 0.143. The van der Waals surface area contributed by atoms with Gasteiger partial charge in [-0.3, -0.25) is 0 Å². The summed E-state index contributed by atoms with van der Waals surface area (Å²) in [6.45, 7) is 1.64. The third kappa shape index (κ3) is 1.99. The van der Waals surface area contributed by atoms with Gasteiger partial charge in [-0.05, 0) is 24.1 Å². The van der Waals surface area contributed by atoms with Crippen molar-refractivity contribution in [2.75, 3.05) is 0 Å². The summed E-state index contributed by atoms with van der Waals surface area (Å²) in [6.07, 6.45) is 0. The molecule has 0 heterocycles. The van der Waals surface area contributed by atoms with Crippen molar-refractivity contribution in [3.63, 3.8) is 0 Å². The zero-order chi connectivity index (χ0) is 9.90. The molecule has 0 fully saturated rings. The van der Waals surface area contributed by atoms with E-state index in [4.69, 9.17) is 5.53 Å². The summed E-state index contributed by atoms with van der Waals surface area (Å²) < 4.78 is 25.2. The second-order valence-electron chi connectivity index (χ2n) is 2.41. The molecule has 0 unspecified atom stereocenters. The van der Waals surface area contributed by atoms with Crippen LogP contribution in [0.15, 0.2) is 33.7 Å². The molecule has 0 atom stereocenters. The molecular weight excluding hydrogens is 190 g/mol. The van der Waals surface area contributed by atoms with Crippen LogP contribution in [0.2, 0.25) is 0 Å². The quantitative estimate of drug-likeness (QED) is 0.412. The summed E-state index contributed by atoms with van der Waals surface area (Å²) in [5, 5.41) is 0. The first-order valence-electron chi connectivity index (χ1n) is 3.45. The lowest BCUT2D eigenvalue weighted by atomic mass is 10.2. The third-order valence-corrected chi connectivity index (χ3v) is 2.82. The number of rotatable bonds is 2. The van der Waals surface area contributed by atoms with Gasteiger partial charge in [0, 0.05) is 9.43 Å². The molecule has 6 heteroatoms. The Bertz CT molecular complexity index is 460.